The van der Waals surface area contributed by atoms with Gasteiger partial charge in [-0.1, -0.05) is 0 Å². The van der Waals surface area contributed by atoms with Crippen LogP contribution in [0.25, 0.3) is 0 Å². The van der Waals surface area contributed by atoms with Crippen LogP contribution in [0.15, 0.2) is 12.1 Å². The topological polar surface area (TPSA) is 58.9 Å². The van der Waals surface area contributed by atoms with Crippen LogP contribution in [0.5, 0.6) is 5.75 Å². The maximum Gasteiger partial charge on any atom is 0.314 e. The molecule has 2 rings (SSSR count). The molecule has 0 aliphatic carbocycles. The Morgan fingerprint density at radius 3 is 2.47 bits per heavy atom. The Hall–Kier alpha value is -1.89. The molecule has 104 valence electrons. The molecule has 6 nitrogen and oxygen atoms in total. The number of piperazine rings is 1. The summed E-state index contributed by atoms with van der Waals surface area (Å²) >= 11 is 0. The van der Waals surface area contributed by atoms with E-state index in [1.54, 1.807) is 0 Å². The molecule has 1 aliphatic heterocycles. The first-order chi connectivity index (χ1) is 9.04. The number of hydrogen-bond donors (Lipinski definition) is 0. The summed E-state index contributed by atoms with van der Waals surface area (Å²) in [7, 11) is 3.24. The van der Waals surface area contributed by atoms with Crippen molar-refractivity contribution in [2.75, 3.05) is 45.2 Å². The minimum Gasteiger partial charge on any atom is -0.488 e. The molecule has 1 aliphatic rings. The molecule has 0 radical (unpaired) electrons. The molecule has 0 N–H and O–H groups in total. The fourth-order valence-electron chi connectivity index (χ4n) is 2.17. The summed E-state index contributed by atoms with van der Waals surface area (Å²) in [5.41, 5.74) is 0.00780. The fourth-order valence-corrected chi connectivity index (χ4v) is 2.17. The van der Waals surface area contributed by atoms with Gasteiger partial charge in [0.15, 0.2) is 5.82 Å². The number of methoxy groups -OCH3 is 1. The van der Waals surface area contributed by atoms with Crippen molar-refractivity contribution >= 4 is 11.4 Å². The molecule has 1 aromatic rings. The number of hydrogen-bond acceptors (Lipinski definition) is 5. The summed E-state index contributed by atoms with van der Waals surface area (Å²) < 4.78 is 19.1. The van der Waals surface area contributed by atoms with E-state index in [0.29, 0.717) is 18.8 Å². The first-order valence-electron chi connectivity index (χ1n) is 5.99. The standard InChI is InChI=1S/C12H16FN3O3/c1-14-5-7-15(8-6-14)9-3-4-10(16(17)18)12(19-2)11(9)13/h3-4H,5-8H2,1-2H3. The Morgan fingerprint density at radius 2 is 1.95 bits per heavy atom. The van der Waals surface area contributed by atoms with Crippen molar-refractivity contribution in [2.45, 2.75) is 0 Å². The van der Waals surface area contributed by atoms with Gasteiger partial charge in [-0.25, -0.2) is 4.39 Å². The van der Waals surface area contributed by atoms with Gasteiger partial charge in [0, 0.05) is 32.2 Å². The summed E-state index contributed by atoms with van der Waals surface area (Å²) in [5.74, 6) is -0.970. The summed E-state index contributed by atoms with van der Waals surface area (Å²) in [6.07, 6.45) is 0. The molecular formula is C12H16FN3O3. The van der Waals surface area contributed by atoms with E-state index >= 15 is 0 Å². The molecule has 1 heterocycles. The molecule has 0 atom stereocenters. The van der Waals surface area contributed by atoms with Crippen LogP contribution in [0.1, 0.15) is 0 Å². The zero-order valence-corrected chi connectivity index (χ0v) is 10.9. The average Bonchev–Trinajstić information content (AvgIpc) is 2.39. The second-order valence-corrected chi connectivity index (χ2v) is 4.50. The minimum absolute atomic E-state index is 0.304. The Bertz CT molecular complexity index is 487. The van der Waals surface area contributed by atoms with Gasteiger partial charge in [-0.05, 0) is 13.1 Å². The van der Waals surface area contributed by atoms with Crippen molar-refractivity contribution in [3.63, 3.8) is 0 Å². The van der Waals surface area contributed by atoms with Crippen molar-refractivity contribution in [1.82, 2.24) is 4.90 Å². The summed E-state index contributed by atoms with van der Waals surface area (Å²) in [6, 6.07) is 2.73. The van der Waals surface area contributed by atoms with E-state index in [2.05, 4.69) is 4.90 Å². The van der Waals surface area contributed by atoms with Crippen molar-refractivity contribution < 1.29 is 14.1 Å². The van der Waals surface area contributed by atoms with Crippen molar-refractivity contribution in [1.29, 1.82) is 0 Å². The monoisotopic (exact) mass is 269 g/mol. The molecule has 7 heteroatoms. The number of likely N-dealkylation sites (N-methyl/N-ethyl adjacent to an activating group) is 1. The molecule has 0 aromatic heterocycles. The lowest BCUT2D eigenvalue weighted by Crippen LogP contribution is -2.44. The van der Waals surface area contributed by atoms with E-state index < -0.39 is 10.7 Å². The van der Waals surface area contributed by atoms with Gasteiger partial charge in [-0.2, -0.15) is 0 Å². The quantitative estimate of drug-likeness (QED) is 0.614. The van der Waals surface area contributed by atoms with E-state index in [1.807, 2.05) is 11.9 Å². The van der Waals surface area contributed by atoms with Crippen LogP contribution in [0, 0.1) is 15.9 Å². The molecule has 0 spiro atoms. The van der Waals surface area contributed by atoms with Gasteiger partial charge in [-0.3, -0.25) is 10.1 Å². The zero-order valence-electron chi connectivity index (χ0n) is 10.9. The number of rotatable bonds is 3. The molecule has 1 aromatic carbocycles. The van der Waals surface area contributed by atoms with E-state index in [1.165, 1.54) is 19.2 Å². The highest BCUT2D eigenvalue weighted by atomic mass is 19.1. The van der Waals surface area contributed by atoms with E-state index in [-0.39, 0.29) is 11.4 Å². The molecule has 19 heavy (non-hydrogen) atoms. The van der Waals surface area contributed by atoms with Gasteiger partial charge in [0.1, 0.15) is 0 Å². The fraction of sp³-hybridized carbons (Fsp3) is 0.500. The maximum absolute atomic E-state index is 14.3. The average molecular weight is 269 g/mol. The number of halogens is 1. The van der Waals surface area contributed by atoms with Gasteiger partial charge in [0.2, 0.25) is 5.75 Å². The van der Waals surface area contributed by atoms with Crippen molar-refractivity contribution in [2.24, 2.45) is 0 Å². The van der Waals surface area contributed by atoms with Gasteiger partial charge in [0.05, 0.1) is 17.7 Å². The third-order valence-corrected chi connectivity index (χ3v) is 3.30. The van der Waals surface area contributed by atoms with Crippen LogP contribution in [-0.4, -0.2) is 50.2 Å². The predicted molar refractivity (Wildman–Crippen MR) is 69.3 cm³/mol. The Balaban J connectivity index is 2.34. The maximum atomic E-state index is 14.3. The number of benzene rings is 1. The van der Waals surface area contributed by atoms with Gasteiger partial charge in [0.25, 0.3) is 0 Å². The number of ether oxygens (including phenoxy) is 1. The first kappa shape index (κ1) is 13.5. The summed E-state index contributed by atoms with van der Waals surface area (Å²) in [6.45, 7) is 3.04. The van der Waals surface area contributed by atoms with Crippen LogP contribution in [0.3, 0.4) is 0 Å². The first-order valence-corrected chi connectivity index (χ1v) is 5.99. The van der Waals surface area contributed by atoms with Gasteiger partial charge in [-0.15, -0.1) is 0 Å². The third kappa shape index (κ3) is 2.60. The van der Waals surface area contributed by atoms with Crippen LogP contribution in [-0.2, 0) is 0 Å². The Morgan fingerprint density at radius 1 is 1.32 bits per heavy atom. The minimum atomic E-state index is -0.666. The van der Waals surface area contributed by atoms with E-state index in [0.717, 1.165) is 13.1 Å². The Kier molecular flexibility index (Phi) is 3.84. The molecule has 0 bridgehead atoms. The van der Waals surface area contributed by atoms with E-state index in [9.17, 15) is 14.5 Å². The highest BCUT2D eigenvalue weighted by Crippen LogP contribution is 2.36. The summed E-state index contributed by atoms with van der Waals surface area (Å²) in [5, 5.41) is 10.8. The molecule has 0 amide bonds. The molecule has 0 saturated carbocycles. The second kappa shape index (κ2) is 5.40. The van der Waals surface area contributed by atoms with Crippen molar-refractivity contribution in [3.8, 4) is 5.75 Å². The zero-order chi connectivity index (χ0) is 14.0. The smallest absolute Gasteiger partial charge is 0.314 e. The van der Waals surface area contributed by atoms with Gasteiger partial charge >= 0.3 is 5.69 Å². The normalized spacial score (nSPS) is 16.5. The Labute approximate surface area is 110 Å². The lowest BCUT2D eigenvalue weighted by Gasteiger charge is -2.34. The summed E-state index contributed by atoms with van der Waals surface area (Å²) in [4.78, 5) is 14.2. The van der Waals surface area contributed by atoms with Crippen LogP contribution >= 0.6 is 0 Å². The number of nitrogens with zero attached hydrogens (tertiary/aromatic N) is 3. The molecule has 0 unspecified atom stereocenters. The predicted octanol–water partition coefficient (Wildman–Crippen LogP) is 1.49. The second-order valence-electron chi connectivity index (χ2n) is 4.50. The largest absolute Gasteiger partial charge is 0.488 e. The number of anilines is 1. The highest BCUT2D eigenvalue weighted by molar-refractivity contribution is 5.61. The van der Waals surface area contributed by atoms with Crippen LogP contribution < -0.4 is 9.64 Å². The van der Waals surface area contributed by atoms with Crippen LogP contribution in [0.4, 0.5) is 15.8 Å². The lowest BCUT2D eigenvalue weighted by atomic mass is 10.2. The van der Waals surface area contributed by atoms with Gasteiger partial charge < -0.3 is 14.5 Å². The number of nitro groups is 1. The number of nitro benzene ring substituents is 1. The molecule has 1 fully saturated rings. The molecular weight excluding hydrogens is 253 g/mol. The molecule has 1 saturated heterocycles. The van der Waals surface area contributed by atoms with E-state index in [4.69, 9.17) is 4.74 Å². The third-order valence-electron chi connectivity index (χ3n) is 3.30. The van der Waals surface area contributed by atoms with Crippen LogP contribution in [0.2, 0.25) is 0 Å². The SMILES string of the molecule is COc1c([N+](=O)[O-])ccc(N2CCN(C)CC2)c1F. The highest BCUT2D eigenvalue weighted by Gasteiger charge is 2.25. The lowest BCUT2D eigenvalue weighted by molar-refractivity contribution is -0.386. The van der Waals surface area contributed by atoms with Crippen molar-refractivity contribution in [3.05, 3.63) is 28.1 Å².